The zero-order valence-corrected chi connectivity index (χ0v) is 25.9. The first-order valence-electron chi connectivity index (χ1n) is 13.8. The Balaban J connectivity index is 1.68. The second kappa shape index (κ2) is 13.7. The van der Waals surface area contributed by atoms with Crippen molar-refractivity contribution in [3.63, 3.8) is 0 Å². The highest BCUT2D eigenvalue weighted by Crippen LogP contribution is 2.37. The number of carbonyl (C=O) groups excluding carboxylic acids is 3. The number of para-hydroxylation sites is 2. The topological polar surface area (TPSA) is 178 Å². The van der Waals surface area contributed by atoms with E-state index in [-0.39, 0.29) is 39.6 Å². The summed E-state index contributed by atoms with van der Waals surface area (Å²) in [5.74, 6) is -2.26. The van der Waals surface area contributed by atoms with Crippen LogP contribution in [-0.2, 0) is 0 Å². The summed E-state index contributed by atoms with van der Waals surface area (Å²) in [5, 5.41) is 29.9. The van der Waals surface area contributed by atoms with Crippen molar-refractivity contribution in [2.75, 3.05) is 37.3 Å². The SMILES string of the molecule is COc1ccccc1NC(=O)c1cc(C)cc(NC(=O)c2cc(C)cc(NC(=O)c3cc(C)cc([N+](=O)[O-])c3O)c2OC)c1OC. The Morgan fingerprint density at radius 3 is 1.57 bits per heavy atom. The van der Waals surface area contributed by atoms with E-state index in [0.717, 1.165) is 6.07 Å². The van der Waals surface area contributed by atoms with Crippen molar-refractivity contribution in [3.8, 4) is 23.0 Å². The first-order valence-corrected chi connectivity index (χ1v) is 13.8. The van der Waals surface area contributed by atoms with Crippen LogP contribution in [0.4, 0.5) is 22.7 Å². The lowest BCUT2D eigenvalue weighted by Gasteiger charge is -2.18. The van der Waals surface area contributed by atoms with E-state index in [9.17, 15) is 29.6 Å². The number of methoxy groups -OCH3 is 3. The number of rotatable bonds is 10. The van der Waals surface area contributed by atoms with Gasteiger partial charge < -0.3 is 35.3 Å². The molecule has 0 saturated carbocycles. The average molecular weight is 629 g/mol. The number of benzene rings is 4. The van der Waals surface area contributed by atoms with Crippen LogP contribution in [0.3, 0.4) is 0 Å². The number of hydrogen-bond acceptors (Lipinski definition) is 9. The van der Waals surface area contributed by atoms with Crippen molar-refractivity contribution < 1.29 is 38.6 Å². The minimum absolute atomic E-state index is 0.0150. The molecule has 3 amide bonds. The van der Waals surface area contributed by atoms with Gasteiger partial charge in [-0.1, -0.05) is 12.1 Å². The molecule has 0 spiro atoms. The molecule has 0 aliphatic rings. The molecule has 0 aromatic heterocycles. The number of aryl methyl sites for hydroxylation is 3. The van der Waals surface area contributed by atoms with Crippen molar-refractivity contribution in [1.29, 1.82) is 0 Å². The number of amides is 3. The van der Waals surface area contributed by atoms with Crippen LogP contribution in [0.15, 0.2) is 60.7 Å². The molecule has 13 heteroatoms. The fraction of sp³-hybridized carbons (Fsp3) is 0.182. The van der Waals surface area contributed by atoms with Gasteiger partial charge in [-0.05, 0) is 79.9 Å². The minimum Gasteiger partial charge on any atom is -0.502 e. The molecule has 0 aliphatic carbocycles. The lowest BCUT2D eigenvalue weighted by Crippen LogP contribution is -2.19. The number of nitro groups is 1. The van der Waals surface area contributed by atoms with Crippen molar-refractivity contribution in [2.24, 2.45) is 0 Å². The molecule has 0 heterocycles. The van der Waals surface area contributed by atoms with Gasteiger partial charge in [0.05, 0.1) is 60.0 Å². The molecule has 0 radical (unpaired) electrons. The van der Waals surface area contributed by atoms with Gasteiger partial charge in [0.15, 0.2) is 11.5 Å². The third-order valence-corrected chi connectivity index (χ3v) is 6.89. The van der Waals surface area contributed by atoms with Crippen LogP contribution < -0.4 is 30.2 Å². The number of phenolic OH excluding ortho intramolecular Hbond substituents is 1. The van der Waals surface area contributed by atoms with Gasteiger partial charge in [-0.2, -0.15) is 0 Å². The van der Waals surface area contributed by atoms with Gasteiger partial charge >= 0.3 is 5.69 Å². The van der Waals surface area contributed by atoms with Gasteiger partial charge in [-0.25, -0.2) is 0 Å². The number of carbonyl (C=O) groups is 3. The van der Waals surface area contributed by atoms with E-state index in [2.05, 4.69) is 16.0 Å². The number of aromatic hydroxyl groups is 1. The van der Waals surface area contributed by atoms with Crippen LogP contribution in [0, 0.1) is 30.9 Å². The summed E-state index contributed by atoms with van der Waals surface area (Å²) in [7, 11) is 4.16. The van der Waals surface area contributed by atoms with E-state index in [1.165, 1.54) is 33.5 Å². The molecule has 13 nitrogen and oxygen atoms in total. The summed E-state index contributed by atoms with van der Waals surface area (Å²) in [6, 6.07) is 15.7. The van der Waals surface area contributed by atoms with Crippen LogP contribution in [0.1, 0.15) is 47.8 Å². The Kier molecular flexibility index (Phi) is 9.75. The molecule has 4 N–H and O–H groups in total. The zero-order chi connectivity index (χ0) is 33.7. The molecule has 4 aromatic carbocycles. The molecular weight excluding hydrogens is 596 g/mol. The van der Waals surface area contributed by atoms with Gasteiger partial charge in [-0.3, -0.25) is 24.5 Å². The van der Waals surface area contributed by atoms with Crippen molar-refractivity contribution in [2.45, 2.75) is 20.8 Å². The Labute approximate surface area is 264 Å². The Hall–Kier alpha value is -6.11. The van der Waals surface area contributed by atoms with Gasteiger partial charge in [0.25, 0.3) is 17.7 Å². The van der Waals surface area contributed by atoms with E-state index < -0.39 is 34.1 Å². The van der Waals surface area contributed by atoms with Crippen LogP contribution in [0.5, 0.6) is 23.0 Å². The van der Waals surface area contributed by atoms with E-state index in [0.29, 0.717) is 28.1 Å². The fourth-order valence-corrected chi connectivity index (χ4v) is 4.90. The monoisotopic (exact) mass is 628 g/mol. The Bertz CT molecular complexity index is 1870. The first kappa shape index (κ1) is 32.8. The second-order valence-corrected chi connectivity index (χ2v) is 10.3. The van der Waals surface area contributed by atoms with E-state index >= 15 is 0 Å². The van der Waals surface area contributed by atoms with Crippen LogP contribution in [-0.4, -0.2) is 49.1 Å². The van der Waals surface area contributed by atoms with Gasteiger partial charge in [0.2, 0.25) is 5.75 Å². The zero-order valence-electron chi connectivity index (χ0n) is 25.9. The van der Waals surface area contributed by atoms with Crippen molar-refractivity contribution in [3.05, 3.63) is 104 Å². The average Bonchev–Trinajstić information content (AvgIpc) is 3.01. The number of nitrogens with one attached hydrogen (secondary N) is 3. The number of hydrogen-bond donors (Lipinski definition) is 4. The largest absolute Gasteiger partial charge is 0.502 e. The highest BCUT2D eigenvalue weighted by molar-refractivity contribution is 6.13. The predicted molar refractivity (Wildman–Crippen MR) is 172 cm³/mol. The molecule has 46 heavy (non-hydrogen) atoms. The normalized spacial score (nSPS) is 10.5. The number of anilines is 3. The third-order valence-electron chi connectivity index (χ3n) is 6.89. The van der Waals surface area contributed by atoms with E-state index in [4.69, 9.17) is 14.2 Å². The quantitative estimate of drug-likeness (QED) is 0.121. The Morgan fingerprint density at radius 2 is 1.09 bits per heavy atom. The maximum absolute atomic E-state index is 13.7. The lowest BCUT2D eigenvalue weighted by molar-refractivity contribution is -0.385. The summed E-state index contributed by atoms with van der Waals surface area (Å²) in [5.41, 5.74) is 1.55. The molecular formula is C33H32N4O9. The minimum atomic E-state index is -0.856. The fourth-order valence-electron chi connectivity index (χ4n) is 4.90. The molecule has 0 saturated heterocycles. The summed E-state index contributed by atoms with van der Waals surface area (Å²) in [6.45, 7) is 4.99. The first-order chi connectivity index (χ1) is 21.9. The molecule has 0 fully saturated rings. The molecule has 0 aliphatic heterocycles. The molecule has 4 aromatic rings. The van der Waals surface area contributed by atoms with E-state index in [1.54, 1.807) is 63.2 Å². The lowest BCUT2D eigenvalue weighted by atomic mass is 10.0. The highest BCUT2D eigenvalue weighted by atomic mass is 16.6. The number of nitro benzene ring substituents is 1. The molecule has 0 unspecified atom stereocenters. The highest BCUT2D eigenvalue weighted by Gasteiger charge is 2.26. The van der Waals surface area contributed by atoms with Crippen LogP contribution in [0.25, 0.3) is 0 Å². The maximum atomic E-state index is 13.7. The molecule has 4 rings (SSSR count). The second-order valence-electron chi connectivity index (χ2n) is 10.3. The number of phenols is 1. The molecule has 238 valence electrons. The summed E-state index contributed by atoms with van der Waals surface area (Å²) >= 11 is 0. The van der Waals surface area contributed by atoms with Crippen LogP contribution in [0.2, 0.25) is 0 Å². The number of nitrogens with zero attached hydrogens (tertiary/aromatic N) is 1. The smallest absolute Gasteiger partial charge is 0.311 e. The van der Waals surface area contributed by atoms with Gasteiger partial charge in [0.1, 0.15) is 5.75 Å². The standard InChI is InChI=1S/C33H32N4O9/c1-17-12-21(32(40)34-23-9-7-8-10-27(23)44-4)29(45-5)25(15-17)36-33(41)22-13-18(2)14-24(30(22)46-6)35-31(39)20-11-19(3)16-26(28(20)38)37(42)43/h7-16,38H,1-6H3,(H,34,40)(H,35,39)(H,36,41). The molecule has 0 atom stereocenters. The van der Waals surface area contributed by atoms with Gasteiger partial charge in [0, 0.05) is 6.07 Å². The summed E-state index contributed by atoms with van der Waals surface area (Å²) < 4.78 is 16.4. The number of ether oxygens (including phenoxy) is 3. The van der Waals surface area contributed by atoms with Gasteiger partial charge in [-0.15, -0.1) is 0 Å². The Morgan fingerprint density at radius 1 is 0.652 bits per heavy atom. The maximum Gasteiger partial charge on any atom is 0.311 e. The summed E-state index contributed by atoms with van der Waals surface area (Å²) in [6.07, 6.45) is 0. The third kappa shape index (κ3) is 6.83. The van der Waals surface area contributed by atoms with Crippen molar-refractivity contribution in [1.82, 2.24) is 0 Å². The van der Waals surface area contributed by atoms with E-state index in [1.807, 2.05) is 0 Å². The predicted octanol–water partition coefficient (Wildman–Crippen LogP) is 6.01. The summed E-state index contributed by atoms with van der Waals surface area (Å²) in [4.78, 5) is 50.9. The van der Waals surface area contributed by atoms with Crippen LogP contribution >= 0.6 is 0 Å². The molecule has 0 bridgehead atoms. The van der Waals surface area contributed by atoms with Crippen molar-refractivity contribution >= 4 is 40.5 Å².